The molecule has 0 spiro atoms. The fraction of sp³-hybridized carbons (Fsp3) is 0.462. The number of anilines is 2. The normalized spacial score (nSPS) is 11.3. The van der Waals surface area contributed by atoms with E-state index in [1.165, 1.54) is 18.2 Å². The lowest BCUT2D eigenvalue weighted by Crippen LogP contribution is -2.36. The van der Waals surface area contributed by atoms with Gasteiger partial charge in [0.25, 0.3) is 0 Å². The summed E-state index contributed by atoms with van der Waals surface area (Å²) in [5.74, 6) is -0.701. The highest BCUT2D eigenvalue weighted by atomic mass is 19.4. The summed E-state index contributed by atoms with van der Waals surface area (Å²) in [6.45, 7) is -0.161. The van der Waals surface area contributed by atoms with E-state index in [1.807, 2.05) is 0 Å². The molecule has 1 rings (SSSR count). The van der Waals surface area contributed by atoms with Crippen molar-refractivity contribution in [3.05, 3.63) is 23.8 Å². The predicted molar refractivity (Wildman–Crippen MR) is 72.2 cm³/mol. The number of carbonyl (C=O) groups excluding carboxylic acids is 1. The maximum atomic E-state index is 12.5. The highest BCUT2D eigenvalue weighted by Gasteiger charge is 2.31. The molecule has 8 heteroatoms. The Bertz CT molecular complexity index is 492. The van der Waals surface area contributed by atoms with Gasteiger partial charge in [-0.3, -0.25) is 0 Å². The number of ether oxygens (including phenoxy) is 1. The van der Waals surface area contributed by atoms with Crippen LogP contribution in [0.25, 0.3) is 0 Å². The molecule has 0 saturated carbocycles. The average Bonchev–Trinajstić information content (AvgIpc) is 2.37. The molecule has 21 heavy (non-hydrogen) atoms. The van der Waals surface area contributed by atoms with Crippen LogP contribution in [0, 0.1) is 0 Å². The van der Waals surface area contributed by atoms with Crippen molar-refractivity contribution in [1.82, 2.24) is 0 Å². The van der Waals surface area contributed by atoms with E-state index in [2.05, 4.69) is 0 Å². The Balaban J connectivity index is 3.09. The first kappa shape index (κ1) is 17.1. The maximum absolute atomic E-state index is 12.5. The number of nitrogens with zero attached hydrogens (tertiary/aromatic N) is 1. The van der Waals surface area contributed by atoms with Gasteiger partial charge < -0.3 is 20.5 Å². The minimum Gasteiger partial charge on any atom is -0.462 e. The smallest absolute Gasteiger partial charge is 0.405 e. The molecule has 0 aliphatic rings. The van der Waals surface area contributed by atoms with Gasteiger partial charge in [-0.1, -0.05) is 0 Å². The van der Waals surface area contributed by atoms with Gasteiger partial charge in [-0.05, 0) is 25.1 Å². The maximum Gasteiger partial charge on any atom is 0.405 e. The van der Waals surface area contributed by atoms with Crippen LogP contribution >= 0.6 is 0 Å². The second-order valence-corrected chi connectivity index (χ2v) is 4.25. The quantitative estimate of drug-likeness (QED) is 0.619. The van der Waals surface area contributed by atoms with Crippen LogP contribution in [0.1, 0.15) is 17.3 Å². The SMILES string of the molecule is CCOC(=O)c1cc(N(CCO)CC(F)(F)F)ccc1N. The molecule has 0 aliphatic carbocycles. The number of rotatable bonds is 6. The Kier molecular flexibility index (Phi) is 5.83. The first-order valence-corrected chi connectivity index (χ1v) is 6.27. The number of benzene rings is 1. The van der Waals surface area contributed by atoms with Gasteiger partial charge >= 0.3 is 12.1 Å². The fourth-order valence-electron chi connectivity index (χ4n) is 1.76. The van der Waals surface area contributed by atoms with Crippen LogP contribution < -0.4 is 10.6 Å². The van der Waals surface area contributed by atoms with Gasteiger partial charge in [-0.15, -0.1) is 0 Å². The van der Waals surface area contributed by atoms with Crippen molar-refractivity contribution in [1.29, 1.82) is 0 Å². The molecule has 0 heterocycles. The van der Waals surface area contributed by atoms with Crippen molar-refractivity contribution in [3.8, 4) is 0 Å². The second-order valence-electron chi connectivity index (χ2n) is 4.25. The first-order valence-electron chi connectivity index (χ1n) is 6.27. The van der Waals surface area contributed by atoms with Gasteiger partial charge in [-0.2, -0.15) is 13.2 Å². The monoisotopic (exact) mass is 306 g/mol. The number of hydrogen-bond acceptors (Lipinski definition) is 5. The Labute approximate surface area is 120 Å². The molecular weight excluding hydrogens is 289 g/mol. The van der Waals surface area contributed by atoms with Gasteiger partial charge in [0.1, 0.15) is 6.54 Å². The average molecular weight is 306 g/mol. The Hall–Kier alpha value is -1.96. The molecule has 5 nitrogen and oxygen atoms in total. The Morgan fingerprint density at radius 1 is 1.43 bits per heavy atom. The van der Waals surface area contributed by atoms with E-state index in [4.69, 9.17) is 15.6 Å². The zero-order valence-corrected chi connectivity index (χ0v) is 11.5. The summed E-state index contributed by atoms with van der Waals surface area (Å²) >= 11 is 0. The van der Waals surface area contributed by atoms with E-state index in [1.54, 1.807) is 6.92 Å². The van der Waals surface area contributed by atoms with Crippen molar-refractivity contribution in [2.75, 3.05) is 36.9 Å². The predicted octanol–water partition coefficient (Wildman–Crippen LogP) is 1.81. The molecule has 1 aromatic carbocycles. The molecule has 118 valence electrons. The van der Waals surface area contributed by atoms with Crippen molar-refractivity contribution in [3.63, 3.8) is 0 Å². The Morgan fingerprint density at radius 3 is 2.62 bits per heavy atom. The van der Waals surface area contributed by atoms with Crippen LogP contribution in [0.15, 0.2) is 18.2 Å². The van der Waals surface area contributed by atoms with E-state index >= 15 is 0 Å². The van der Waals surface area contributed by atoms with E-state index in [-0.39, 0.29) is 30.1 Å². The van der Waals surface area contributed by atoms with E-state index in [0.29, 0.717) is 0 Å². The van der Waals surface area contributed by atoms with Crippen LogP contribution in [0.3, 0.4) is 0 Å². The lowest BCUT2D eigenvalue weighted by atomic mass is 10.1. The summed E-state index contributed by atoms with van der Waals surface area (Å²) < 4.78 is 42.4. The fourth-order valence-corrected chi connectivity index (χ4v) is 1.76. The molecule has 0 amide bonds. The number of aliphatic hydroxyl groups is 1. The number of esters is 1. The third kappa shape index (κ3) is 5.14. The number of nitrogens with two attached hydrogens (primary N) is 1. The number of nitrogen functional groups attached to an aromatic ring is 1. The lowest BCUT2D eigenvalue weighted by molar-refractivity contribution is -0.119. The zero-order valence-electron chi connectivity index (χ0n) is 11.5. The molecule has 3 N–H and O–H groups in total. The standard InChI is InChI=1S/C13H17F3N2O3/c1-2-21-12(20)10-7-9(3-4-11(10)17)18(5-6-19)8-13(14,15)16/h3-4,7,19H,2,5-6,8,17H2,1H3. The summed E-state index contributed by atoms with van der Waals surface area (Å²) in [6.07, 6.45) is -4.43. The Morgan fingerprint density at radius 2 is 2.10 bits per heavy atom. The number of alkyl halides is 3. The van der Waals surface area contributed by atoms with Gasteiger partial charge in [0.05, 0.1) is 18.8 Å². The van der Waals surface area contributed by atoms with Gasteiger partial charge in [0.15, 0.2) is 0 Å². The summed E-state index contributed by atoms with van der Waals surface area (Å²) in [4.78, 5) is 12.6. The van der Waals surface area contributed by atoms with Crippen molar-refractivity contribution in [2.24, 2.45) is 0 Å². The van der Waals surface area contributed by atoms with Crippen LogP contribution in [-0.4, -0.2) is 43.6 Å². The number of carbonyl (C=O) groups is 1. The first-order chi connectivity index (χ1) is 9.78. The summed E-state index contributed by atoms with van der Waals surface area (Å²) in [5, 5.41) is 8.89. The minimum absolute atomic E-state index is 0.000496. The largest absolute Gasteiger partial charge is 0.462 e. The van der Waals surface area contributed by atoms with Crippen LogP contribution in [0.2, 0.25) is 0 Å². The van der Waals surface area contributed by atoms with Gasteiger partial charge in [-0.25, -0.2) is 4.79 Å². The van der Waals surface area contributed by atoms with Gasteiger partial charge in [0, 0.05) is 17.9 Å². The number of halogens is 3. The third-order valence-electron chi connectivity index (χ3n) is 2.64. The van der Waals surface area contributed by atoms with E-state index in [9.17, 15) is 18.0 Å². The molecular formula is C13H17F3N2O3. The highest BCUT2D eigenvalue weighted by Crippen LogP contribution is 2.25. The van der Waals surface area contributed by atoms with Crippen LogP contribution in [0.4, 0.5) is 24.5 Å². The zero-order chi connectivity index (χ0) is 16.0. The highest BCUT2D eigenvalue weighted by molar-refractivity contribution is 5.96. The molecule has 0 fully saturated rings. The molecule has 0 aliphatic heterocycles. The van der Waals surface area contributed by atoms with Crippen molar-refractivity contribution < 1.29 is 27.8 Å². The second kappa shape index (κ2) is 7.16. The number of hydrogen-bond donors (Lipinski definition) is 2. The van der Waals surface area contributed by atoms with E-state index < -0.39 is 25.3 Å². The minimum atomic E-state index is -4.43. The van der Waals surface area contributed by atoms with Crippen LogP contribution in [0.5, 0.6) is 0 Å². The summed E-state index contributed by atoms with van der Waals surface area (Å²) in [7, 11) is 0. The summed E-state index contributed by atoms with van der Waals surface area (Å²) in [6, 6.07) is 3.93. The third-order valence-corrected chi connectivity index (χ3v) is 2.64. The molecule has 0 radical (unpaired) electrons. The summed E-state index contributed by atoms with van der Waals surface area (Å²) in [5.41, 5.74) is 5.89. The van der Waals surface area contributed by atoms with Gasteiger partial charge in [0.2, 0.25) is 0 Å². The van der Waals surface area contributed by atoms with Crippen molar-refractivity contribution >= 4 is 17.3 Å². The number of aliphatic hydroxyl groups excluding tert-OH is 1. The molecule has 0 aromatic heterocycles. The molecule has 0 unspecified atom stereocenters. The van der Waals surface area contributed by atoms with E-state index in [0.717, 1.165) is 4.90 Å². The van der Waals surface area contributed by atoms with Crippen molar-refractivity contribution in [2.45, 2.75) is 13.1 Å². The topological polar surface area (TPSA) is 75.8 Å². The molecule has 0 atom stereocenters. The molecule has 0 saturated heterocycles. The molecule has 0 bridgehead atoms. The van der Waals surface area contributed by atoms with Crippen LogP contribution in [-0.2, 0) is 4.74 Å². The lowest BCUT2D eigenvalue weighted by Gasteiger charge is -2.25. The molecule has 1 aromatic rings.